The van der Waals surface area contributed by atoms with Gasteiger partial charge in [-0.15, -0.1) is 0 Å². The van der Waals surface area contributed by atoms with Gasteiger partial charge in [0.2, 0.25) is 0 Å². The topological polar surface area (TPSA) is 62.1 Å². The number of anilines is 1. The van der Waals surface area contributed by atoms with Crippen LogP contribution in [0, 0.1) is 6.92 Å². The molecule has 2 aromatic rings. The third kappa shape index (κ3) is 3.60. The monoisotopic (exact) mass is 298 g/mol. The quantitative estimate of drug-likeness (QED) is 0.796. The van der Waals surface area contributed by atoms with Gasteiger partial charge in [0, 0.05) is 37.2 Å². The standard InChI is InChI=1S/C17H22N4O/c1-13-12-16(21(14-7-8-14)10-4-5-11-22)20-17(19-13)15-6-2-3-9-18-15/h2-3,6,9,12,14,22H,4-5,7-8,10-11H2,1H3. The molecule has 2 aromatic heterocycles. The number of aromatic nitrogens is 3. The van der Waals surface area contributed by atoms with E-state index in [1.54, 1.807) is 6.20 Å². The molecule has 0 aliphatic heterocycles. The van der Waals surface area contributed by atoms with Crippen LogP contribution < -0.4 is 4.90 Å². The SMILES string of the molecule is Cc1cc(N(CCCCO)C2CC2)nc(-c2ccccn2)n1. The average Bonchev–Trinajstić information content (AvgIpc) is 3.36. The molecule has 3 rings (SSSR count). The summed E-state index contributed by atoms with van der Waals surface area (Å²) in [5, 5.41) is 8.99. The van der Waals surface area contributed by atoms with Gasteiger partial charge in [0.1, 0.15) is 11.5 Å². The first-order chi connectivity index (χ1) is 10.8. The molecule has 0 amide bonds. The Morgan fingerprint density at radius 2 is 2.09 bits per heavy atom. The van der Waals surface area contributed by atoms with Gasteiger partial charge in [-0.1, -0.05) is 6.07 Å². The van der Waals surface area contributed by atoms with E-state index in [1.165, 1.54) is 12.8 Å². The second-order valence-electron chi connectivity index (χ2n) is 5.76. The number of unbranched alkanes of at least 4 members (excludes halogenated alkanes) is 1. The third-order valence-electron chi connectivity index (χ3n) is 3.82. The lowest BCUT2D eigenvalue weighted by molar-refractivity contribution is 0.285. The zero-order chi connectivity index (χ0) is 15.4. The smallest absolute Gasteiger partial charge is 0.180 e. The van der Waals surface area contributed by atoms with Crippen molar-refractivity contribution < 1.29 is 5.11 Å². The molecular formula is C17H22N4O. The normalized spacial score (nSPS) is 14.1. The van der Waals surface area contributed by atoms with E-state index in [1.807, 2.05) is 31.2 Å². The second-order valence-corrected chi connectivity index (χ2v) is 5.76. The summed E-state index contributed by atoms with van der Waals surface area (Å²) in [4.78, 5) is 16.0. The molecule has 0 unspecified atom stereocenters. The summed E-state index contributed by atoms with van der Waals surface area (Å²) in [6, 6.07) is 8.42. The number of pyridine rings is 1. The van der Waals surface area contributed by atoms with Crippen LogP contribution in [0.5, 0.6) is 0 Å². The van der Waals surface area contributed by atoms with E-state index in [-0.39, 0.29) is 6.61 Å². The van der Waals surface area contributed by atoms with Crippen molar-refractivity contribution in [1.29, 1.82) is 0 Å². The molecule has 116 valence electrons. The summed E-state index contributed by atoms with van der Waals surface area (Å²) in [6.07, 6.45) is 6.03. The molecule has 5 nitrogen and oxygen atoms in total. The van der Waals surface area contributed by atoms with Crippen LogP contribution in [0.1, 0.15) is 31.4 Å². The lowest BCUT2D eigenvalue weighted by Gasteiger charge is -2.24. The highest BCUT2D eigenvalue weighted by atomic mass is 16.2. The van der Waals surface area contributed by atoms with Crippen molar-refractivity contribution >= 4 is 5.82 Å². The number of aryl methyl sites for hydroxylation is 1. The average molecular weight is 298 g/mol. The lowest BCUT2D eigenvalue weighted by Crippen LogP contribution is -2.28. The van der Waals surface area contributed by atoms with Crippen molar-refractivity contribution in [3.8, 4) is 11.5 Å². The van der Waals surface area contributed by atoms with Crippen LogP contribution in [-0.4, -0.2) is 39.3 Å². The maximum absolute atomic E-state index is 8.99. The maximum atomic E-state index is 8.99. The summed E-state index contributed by atoms with van der Waals surface area (Å²) in [6.45, 7) is 3.18. The first kappa shape index (κ1) is 14.9. The summed E-state index contributed by atoms with van der Waals surface area (Å²) in [5.74, 6) is 1.66. The van der Waals surface area contributed by atoms with Crippen LogP contribution in [-0.2, 0) is 0 Å². The molecule has 1 aliphatic carbocycles. The van der Waals surface area contributed by atoms with Crippen LogP contribution in [0.4, 0.5) is 5.82 Å². The predicted octanol–water partition coefficient (Wildman–Crippen LogP) is 2.59. The maximum Gasteiger partial charge on any atom is 0.180 e. The lowest BCUT2D eigenvalue weighted by atomic mass is 10.2. The molecule has 2 heterocycles. The second kappa shape index (κ2) is 6.83. The zero-order valence-electron chi connectivity index (χ0n) is 12.9. The fourth-order valence-electron chi connectivity index (χ4n) is 2.57. The molecule has 1 saturated carbocycles. The molecule has 0 atom stereocenters. The Morgan fingerprint density at radius 1 is 1.23 bits per heavy atom. The van der Waals surface area contributed by atoms with Crippen molar-refractivity contribution in [3.63, 3.8) is 0 Å². The van der Waals surface area contributed by atoms with Crippen molar-refractivity contribution in [2.75, 3.05) is 18.1 Å². The Kier molecular flexibility index (Phi) is 4.63. The van der Waals surface area contributed by atoms with Gasteiger partial charge in [-0.2, -0.15) is 0 Å². The van der Waals surface area contributed by atoms with E-state index in [9.17, 15) is 0 Å². The minimum Gasteiger partial charge on any atom is -0.396 e. The highest BCUT2D eigenvalue weighted by Gasteiger charge is 2.30. The van der Waals surface area contributed by atoms with E-state index in [0.717, 1.165) is 36.6 Å². The molecule has 0 saturated heterocycles. The largest absolute Gasteiger partial charge is 0.396 e. The fourth-order valence-corrected chi connectivity index (χ4v) is 2.57. The number of rotatable bonds is 7. The van der Waals surface area contributed by atoms with Crippen LogP contribution >= 0.6 is 0 Å². The molecule has 1 fully saturated rings. The van der Waals surface area contributed by atoms with E-state index in [2.05, 4.69) is 14.9 Å². The zero-order valence-corrected chi connectivity index (χ0v) is 12.9. The van der Waals surface area contributed by atoms with Crippen molar-refractivity contribution in [2.45, 2.75) is 38.6 Å². The first-order valence-electron chi connectivity index (χ1n) is 7.92. The number of aliphatic hydroxyl groups excluding tert-OH is 1. The summed E-state index contributed by atoms with van der Waals surface area (Å²) in [5.41, 5.74) is 1.76. The minimum absolute atomic E-state index is 0.250. The molecule has 1 aliphatic rings. The van der Waals surface area contributed by atoms with Crippen LogP contribution in [0.3, 0.4) is 0 Å². The third-order valence-corrected chi connectivity index (χ3v) is 3.82. The highest BCUT2D eigenvalue weighted by Crippen LogP contribution is 2.31. The van der Waals surface area contributed by atoms with Gasteiger partial charge in [-0.3, -0.25) is 4.98 Å². The Labute approximate surface area is 131 Å². The van der Waals surface area contributed by atoms with Gasteiger partial charge < -0.3 is 10.0 Å². The summed E-state index contributed by atoms with van der Waals surface area (Å²) < 4.78 is 0. The first-order valence-corrected chi connectivity index (χ1v) is 7.92. The van der Waals surface area contributed by atoms with Gasteiger partial charge in [0.15, 0.2) is 5.82 Å². The van der Waals surface area contributed by atoms with Crippen LogP contribution in [0.15, 0.2) is 30.5 Å². The number of nitrogens with zero attached hydrogens (tertiary/aromatic N) is 4. The predicted molar refractivity (Wildman–Crippen MR) is 86.7 cm³/mol. The van der Waals surface area contributed by atoms with E-state index >= 15 is 0 Å². The van der Waals surface area contributed by atoms with Crippen molar-refractivity contribution in [3.05, 3.63) is 36.2 Å². The Balaban J connectivity index is 1.87. The minimum atomic E-state index is 0.250. The Bertz CT molecular complexity index is 613. The van der Waals surface area contributed by atoms with Gasteiger partial charge in [-0.25, -0.2) is 9.97 Å². The fraction of sp³-hybridized carbons (Fsp3) is 0.471. The molecule has 0 spiro atoms. The highest BCUT2D eigenvalue weighted by molar-refractivity contribution is 5.54. The van der Waals surface area contributed by atoms with Gasteiger partial charge in [-0.05, 0) is 44.7 Å². The van der Waals surface area contributed by atoms with E-state index in [4.69, 9.17) is 10.1 Å². The Morgan fingerprint density at radius 3 is 2.77 bits per heavy atom. The molecule has 1 N–H and O–H groups in total. The van der Waals surface area contributed by atoms with Gasteiger partial charge >= 0.3 is 0 Å². The molecule has 5 heteroatoms. The molecule has 0 radical (unpaired) electrons. The van der Waals surface area contributed by atoms with Gasteiger partial charge in [0.05, 0.1) is 0 Å². The molecular weight excluding hydrogens is 276 g/mol. The summed E-state index contributed by atoms with van der Waals surface area (Å²) >= 11 is 0. The molecule has 0 bridgehead atoms. The number of hydrogen-bond donors (Lipinski definition) is 1. The summed E-state index contributed by atoms with van der Waals surface area (Å²) in [7, 11) is 0. The number of hydrogen-bond acceptors (Lipinski definition) is 5. The Hall–Kier alpha value is -2.01. The van der Waals surface area contributed by atoms with Crippen LogP contribution in [0.2, 0.25) is 0 Å². The van der Waals surface area contributed by atoms with E-state index < -0.39 is 0 Å². The van der Waals surface area contributed by atoms with Crippen LogP contribution in [0.25, 0.3) is 11.5 Å². The van der Waals surface area contributed by atoms with Crippen molar-refractivity contribution in [1.82, 2.24) is 15.0 Å². The van der Waals surface area contributed by atoms with Gasteiger partial charge in [0.25, 0.3) is 0 Å². The number of aliphatic hydroxyl groups is 1. The molecule has 22 heavy (non-hydrogen) atoms. The van der Waals surface area contributed by atoms with E-state index in [0.29, 0.717) is 11.9 Å². The molecule has 0 aromatic carbocycles. The van der Waals surface area contributed by atoms with Crippen molar-refractivity contribution in [2.24, 2.45) is 0 Å².